The highest BCUT2D eigenvalue weighted by Gasteiger charge is 2.28. The molecule has 1 aromatic heterocycles. The molecule has 1 aliphatic carbocycles. The fourth-order valence-corrected chi connectivity index (χ4v) is 4.41. The molecule has 0 saturated heterocycles. The number of nitrogens with zero attached hydrogens (tertiary/aromatic N) is 3. The Morgan fingerprint density at radius 3 is 2.81 bits per heavy atom. The Kier molecular flexibility index (Phi) is 6.72. The topological polar surface area (TPSA) is 59.8 Å². The highest BCUT2D eigenvalue weighted by atomic mass is 32.2. The molecule has 1 amide bonds. The highest BCUT2D eigenvalue weighted by Crippen LogP contribution is 2.30. The van der Waals surface area contributed by atoms with Gasteiger partial charge < -0.3 is 5.32 Å². The number of hydrogen-bond donors (Lipinski definition) is 1. The SMILES string of the molecule is C=CCn1c(SCC(=O)N[C@@H]2CCC[C@@H](C)[C@@H]2C)nnc1-c1ccccc1. The number of allylic oxidation sites excluding steroid dienone is 1. The Hall–Kier alpha value is -2.08. The van der Waals surface area contributed by atoms with E-state index < -0.39 is 0 Å². The van der Waals surface area contributed by atoms with Gasteiger partial charge in [0.2, 0.25) is 5.91 Å². The van der Waals surface area contributed by atoms with Gasteiger partial charge in [-0.05, 0) is 18.3 Å². The van der Waals surface area contributed by atoms with Gasteiger partial charge in [0.25, 0.3) is 0 Å². The molecule has 27 heavy (non-hydrogen) atoms. The van der Waals surface area contributed by atoms with E-state index in [1.165, 1.54) is 24.6 Å². The Bertz CT molecular complexity index is 774. The summed E-state index contributed by atoms with van der Waals surface area (Å²) in [7, 11) is 0. The van der Waals surface area contributed by atoms with Crippen LogP contribution in [0.1, 0.15) is 33.1 Å². The van der Waals surface area contributed by atoms with Gasteiger partial charge in [0, 0.05) is 18.2 Å². The number of hydrogen-bond acceptors (Lipinski definition) is 4. The van der Waals surface area contributed by atoms with E-state index in [4.69, 9.17) is 0 Å². The van der Waals surface area contributed by atoms with E-state index in [9.17, 15) is 4.79 Å². The smallest absolute Gasteiger partial charge is 0.230 e. The number of carbonyl (C=O) groups is 1. The van der Waals surface area contributed by atoms with Crippen molar-refractivity contribution in [1.29, 1.82) is 0 Å². The van der Waals surface area contributed by atoms with Gasteiger partial charge in [0.15, 0.2) is 11.0 Å². The summed E-state index contributed by atoms with van der Waals surface area (Å²) in [6.45, 7) is 8.97. The van der Waals surface area contributed by atoms with Gasteiger partial charge in [0.05, 0.1) is 5.75 Å². The van der Waals surface area contributed by atoms with E-state index in [-0.39, 0.29) is 11.9 Å². The van der Waals surface area contributed by atoms with Crippen molar-refractivity contribution in [3.8, 4) is 11.4 Å². The summed E-state index contributed by atoms with van der Waals surface area (Å²) in [5.41, 5.74) is 1.01. The quantitative estimate of drug-likeness (QED) is 0.575. The first-order valence-corrected chi connectivity index (χ1v) is 10.6. The Morgan fingerprint density at radius 1 is 1.30 bits per heavy atom. The summed E-state index contributed by atoms with van der Waals surface area (Å²) in [5.74, 6) is 2.41. The van der Waals surface area contributed by atoms with E-state index in [2.05, 4.69) is 35.9 Å². The minimum absolute atomic E-state index is 0.0698. The van der Waals surface area contributed by atoms with Gasteiger partial charge in [-0.2, -0.15) is 0 Å². The van der Waals surface area contributed by atoms with Crippen LogP contribution in [-0.2, 0) is 11.3 Å². The lowest BCUT2D eigenvalue weighted by Crippen LogP contribution is -2.44. The predicted molar refractivity (Wildman–Crippen MR) is 110 cm³/mol. The minimum atomic E-state index is 0.0698. The number of benzene rings is 1. The van der Waals surface area contributed by atoms with Crippen LogP contribution in [0.2, 0.25) is 0 Å². The maximum absolute atomic E-state index is 12.5. The van der Waals surface area contributed by atoms with Crippen LogP contribution in [0.5, 0.6) is 0 Å². The normalized spacial score (nSPS) is 22.4. The van der Waals surface area contributed by atoms with Crippen LogP contribution in [0.3, 0.4) is 0 Å². The molecule has 1 aliphatic rings. The Morgan fingerprint density at radius 2 is 2.07 bits per heavy atom. The number of carbonyl (C=O) groups excluding carboxylic acids is 1. The zero-order chi connectivity index (χ0) is 19.2. The van der Waals surface area contributed by atoms with Crippen molar-refractivity contribution in [2.45, 2.75) is 50.9 Å². The van der Waals surface area contributed by atoms with Crippen LogP contribution in [-0.4, -0.2) is 32.5 Å². The average Bonchev–Trinajstić information content (AvgIpc) is 3.07. The second-order valence-electron chi connectivity index (χ2n) is 7.30. The summed E-state index contributed by atoms with van der Waals surface area (Å²) in [6.07, 6.45) is 5.35. The summed E-state index contributed by atoms with van der Waals surface area (Å²) in [5, 5.41) is 12.6. The number of nitrogens with one attached hydrogen (secondary N) is 1. The van der Waals surface area contributed by atoms with Gasteiger partial charge in [0.1, 0.15) is 0 Å². The van der Waals surface area contributed by atoms with Crippen molar-refractivity contribution >= 4 is 17.7 Å². The fourth-order valence-electron chi connectivity index (χ4n) is 3.65. The average molecular weight is 385 g/mol. The molecule has 1 N–H and O–H groups in total. The van der Waals surface area contributed by atoms with Crippen molar-refractivity contribution in [2.24, 2.45) is 11.8 Å². The van der Waals surface area contributed by atoms with E-state index >= 15 is 0 Å². The molecule has 1 heterocycles. The lowest BCUT2D eigenvalue weighted by Gasteiger charge is -2.34. The van der Waals surface area contributed by atoms with Crippen LogP contribution < -0.4 is 5.32 Å². The molecule has 2 aromatic rings. The molecular formula is C21H28N4OS. The largest absolute Gasteiger partial charge is 0.352 e. The van der Waals surface area contributed by atoms with Crippen LogP contribution >= 0.6 is 11.8 Å². The van der Waals surface area contributed by atoms with Gasteiger partial charge in [-0.25, -0.2) is 0 Å². The Labute approximate surface area is 165 Å². The molecule has 3 atom stereocenters. The van der Waals surface area contributed by atoms with Crippen molar-refractivity contribution in [3.05, 3.63) is 43.0 Å². The molecule has 0 aliphatic heterocycles. The first-order chi connectivity index (χ1) is 13.1. The predicted octanol–water partition coefficient (Wildman–Crippen LogP) is 4.16. The van der Waals surface area contributed by atoms with Crippen molar-refractivity contribution in [3.63, 3.8) is 0 Å². The zero-order valence-corrected chi connectivity index (χ0v) is 16.9. The molecule has 5 nitrogen and oxygen atoms in total. The highest BCUT2D eigenvalue weighted by molar-refractivity contribution is 7.99. The third-order valence-electron chi connectivity index (χ3n) is 5.45. The monoisotopic (exact) mass is 384 g/mol. The van der Waals surface area contributed by atoms with E-state index in [1.54, 1.807) is 0 Å². The number of amides is 1. The lowest BCUT2D eigenvalue weighted by atomic mass is 9.78. The maximum atomic E-state index is 12.5. The number of thioether (sulfide) groups is 1. The van der Waals surface area contributed by atoms with E-state index in [0.717, 1.165) is 23.0 Å². The van der Waals surface area contributed by atoms with E-state index in [1.807, 2.05) is 41.0 Å². The maximum Gasteiger partial charge on any atom is 0.230 e. The van der Waals surface area contributed by atoms with Crippen molar-refractivity contribution in [2.75, 3.05) is 5.75 Å². The molecule has 0 bridgehead atoms. The summed E-state index contributed by atoms with van der Waals surface area (Å²) < 4.78 is 2.01. The molecule has 0 spiro atoms. The second-order valence-corrected chi connectivity index (χ2v) is 8.24. The van der Waals surface area contributed by atoms with Crippen LogP contribution in [0.15, 0.2) is 48.1 Å². The zero-order valence-electron chi connectivity index (χ0n) is 16.1. The lowest BCUT2D eigenvalue weighted by molar-refractivity contribution is -0.120. The van der Waals surface area contributed by atoms with Crippen LogP contribution in [0.4, 0.5) is 0 Å². The fraction of sp³-hybridized carbons (Fsp3) is 0.476. The number of aromatic nitrogens is 3. The number of rotatable bonds is 7. The molecule has 6 heteroatoms. The van der Waals surface area contributed by atoms with Gasteiger partial charge in [-0.15, -0.1) is 16.8 Å². The molecular weight excluding hydrogens is 356 g/mol. The van der Waals surface area contributed by atoms with Crippen molar-refractivity contribution < 1.29 is 4.79 Å². The van der Waals surface area contributed by atoms with Crippen LogP contribution in [0, 0.1) is 11.8 Å². The molecule has 144 valence electrons. The minimum Gasteiger partial charge on any atom is -0.352 e. The molecule has 1 aromatic carbocycles. The molecule has 3 rings (SSSR count). The second kappa shape index (κ2) is 9.22. The third-order valence-corrected chi connectivity index (χ3v) is 6.41. The molecule has 1 fully saturated rings. The molecule has 0 radical (unpaired) electrons. The first-order valence-electron chi connectivity index (χ1n) is 9.61. The first kappa shape index (κ1) is 19.7. The van der Waals surface area contributed by atoms with E-state index in [0.29, 0.717) is 24.1 Å². The van der Waals surface area contributed by atoms with Gasteiger partial charge in [-0.3, -0.25) is 9.36 Å². The van der Waals surface area contributed by atoms with Crippen LogP contribution in [0.25, 0.3) is 11.4 Å². The standard InChI is InChI=1S/C21H28N4OS/c1-4-13-25-20(17-10-6-5-7-11-17)23-24-21(25)27-14-19(26)22-18-12-8-9-15(2)16(18)3/h4-7,10-11,15-16,18H,1,8-9,12-14H2,2-3H3,(H,22,26)/t15-,16+,18-/m1/s1. The Balaban J connectivity index is 1.64. The summed E-state index contributed by atoms with van der Waals surface area (Å²) in [6, 6.07) is 10.2. The molecule has 0 unspecified atom stereocenters. The van der Waals surface area contributed by atoms with Gasteiger partial charge >= 0.3 is 0 Å². The third kappa shape index (κ3) is 4.80. The summed E-state index contributed by atoms with van der Waals surface area (Å²) in [4.78, 5) is 12.5. The van der Waals surface area contributed by atoms with Crippen molar-refractivity contribution in [1.82, 2.24) is 20.1 Å². The summed E-state index contributed by atoms with van der Waals surface area (Å²) >= 11 is 1.43. The molecule has 1 saturated carbocycles. The van der Waals surface area contributed by atoms with Gasteiger partial charge in [-0.1, -0.05) is 74.9 Å².